The van der Waals surface area contributed by atoms with Gasteiger partial charge in [-0.25, -0.2) is 8.42 Å². The predicted octanol–water partition coefficient (Wildman–Crippen LogP) is 6.30. The Bertz CT molecular complexity index is 1210. The minimum atomic E-state index is -4.22. The van der Waals surface area contributed by atoms with E-state index in [0.29, 0.717) is 41.6 Å². The first-order chi connectivity index (χ1) is 17.5. The van der Waals surface area contributed by atoms with E-state index < -0.39 is 39.7 Å². The van der Waals surface area contributed by atoms with Crippen LogP contribution in [0.25, 0.3) is 0 Å². The Balaban J connectivity index is 1.46. The number of hydrogen-bond donors (Lipinski definition) is 1. The van der Waals surface area contributed by atoms with Crippen molar-refractivity contribution in [3.63, 3.8) is 0 Å². The largest absolute Gasteiger partial charge is 0.389 e. The molecule has 4 aliphatic rings. The highest BCUT2D eigenvalue weighted by Gasteiger charge is 2.75. The van der Waals surface area contributed by atoms with Gasteiger partial charge < -0.3 is 5.32 Å². The molecule has 1 aliphatic heterocycles. The Labute approximate surface area is 232 Å². The molecule has 1 aromatic carbocycles. The van der Waals surface area contributed by atoms with Crippen LogP contribution in [0, 0.1) is 5.41 Å². The minimum absolute atomic E-state index is 0.0419. The van der Waals surface area contributed by atoms with Crippen molar-refractivity contribution in [2.24, 2.45) is 10.4 Å². The Morgan fingerprint density at radius 3 is 2.39 bits per heavy atom. The van der Waals surface area contributed by atoms with Crippen molar-refractivity contribution < 1.29 is 26.4 Å². The Morgan fingerprint density at radius 1 is 1.16 bits per heavy atom. The average molecular weight is 597 g/mol. The number of amidine groups is 1. The maximum Gasteiger partial charge on any atom is 0.389 e. The molecule has 38 heavy (non-hydrogen) atoms. The van der Waals surface area contributed by atoms with Crippen LogP contribution in [0.1, 0.15) is 77.7 Å². The molecule has 3 aliphatic carbocycles. The zero-order chi connectivity index (χ0) is 28.1. The average Bonchev–Trinajstić information content (AvgIpc) is 3.05. The summed E-state index contributed by atoms with van der Waals surface area (Å²) in [4.78, 5) is 17.6. The maximum atomic E-state index is 13.3. The summed E-state index contributed by atoms with van der Waals surface area (Å²) < 4.78 is 65.5. The zero-order valence-corrected chi connectivity index (χ0v) is 24.1. The Morgan fingerprint density at radius 2 is 1.82 bits per heavy atom. The number of nitrogens with one attached hydrogen (secondary N) is 1. The molecule has 1 N–H and O–H groups in total. The number of rotatable bonds is 12. The molecule has 2 bridgehead atoms. The van der Waals surface area contributed by atoms with Gasteiger partial charge in [-0.05, 0) is 70.1 Å². The van der Waals surface area contributed by atoms with Crippen LogP contribution >= 0.6 is 23.2 Å². The molecule has 5 rings (SSSR count). The van der Waals surface area contributed by atoms with Crippen LogP contribution in [-0.2, 0) is 21.4 Å². The molecule has 0 saturated heterocycles. The molecular formula is C26H34Cl2F3N3O3S. The van der Waals surface area contributed by atoms with E-state index in [1.165, 1.54) is 0 Å². The van der Waals surface area contributed by atoms with Crippen molar-refractivity contribution in [3.05, 3.63) is 33.8 Å². The number of unbranched alkanes of at least 4 members (excludes halogenated alkanes) is 1. The summed E-state index contributed by atoms with van der Waals surface area (Å²) in [5.74, 6) is 0.577. The standard InChI is InChI=1S/C26H34Cl2F3N3O3S/c1-4-11-38(36,37)34(13-17-8-9-18(27)19(28)12-17)25-14-24(15-25,16-25)22-32-21(23(2,3)33-22)20(35)7-5-6-10-26(29,30)31/h8-9,12,21H,4-7,10-11,13-16H2,1-3H3,(H,32,33)/t21-,24?,25?/m0/s1. The van der Waals surface area contributed by atoms with E-state index in [2.05, 4.69) is 5.32 Å². The van der Waals surface area contributed by atoms with Gasteiger partial charge in [0.25, 0.3) is 0 Å². The highest BCUT2D eigenvalue weighted by molar-refractivity contribution is 7.89. The van der Waals surface area contributed by atoms with Gasteiger partial charge in [-0.3, -0.25) is 9.79 Å². The van der Waals surface area contributed by atoms with E-state index in [-0.39, 0.29) is 42.8 Å². The van der Waals surface area contributed by atoms with E-state index in [1.807, 2.05) is 20.8 Å². The number of carbonyl (C=O) groups is 1. The molecule has 3 saturated carbocycles. The van der Waals surface area contributed by atoms with Crippen molar-refractivity contribution in [3.8, 4) is 0 Å². The van der Waals surface area contributed by atoms with Crippen LogP contribution in [0.2, 0.25) is 10.0 Å². The van der Waals surface area contributed by atoms with E-state index in [4.69, 9.17) is 28.2 Å². The molecule has 0 radical (unpaired) electrons. The molecule has 0 unspecified atom stereocenters. The highest BCUT2D eigenvalue weighted by Crippen LogP contribution is 2.71. The van der Waals surface area contributed by atoms with Crippen molar-refractivity contribution >= 4 is 44.8 Å². The number of benzene rings is 1. The second kappa shape index (κ2) is 10.2. The zero-order valence-electron chi connectivity index (χ0n) is 21.8. The first kappa shape index (κ1) is 29.6. The number of alkyl halides is 3. The third kappa shape index (κ3) is 5.74. The van der Waals surface area contributed by atoms with Gasteiger partial charge in [-0.15, -0.1) is 0 Å². The maximum absolute atomic E-state index is 13.3. The lowest BCUT2D eigenvalue weighted by Gasteiger charge is -2.73. The van der Waals surface area contributed by atoms with Gasteiger partial charge in [-0.2, -0.15) is 17.5 Å². The molecule has 6 nitrogen and oxygen atoms in total. The molecular weight excluding hydrogens is 562 g/mol. The fourth-order valence-electron chi connectivity index (χ4n) is 6.18. The van der Waals surface area contributed by atoms with E-state index in [9.17, 15) is 26.4 Å². The third-order valence-corrected chi connectivity index (χ3v) is 10.8. The molecule has 3 fully saturated rings. The van der Waals surface area contributed by atoms with E-state index in [0.717, 1.165) is 5.56 Å². The first-order valence-electron chi connectivity index (χ1n) is 12.9. The van der Waals surface area contributed by atoms with Gasteiger partial charge in [0.05, 0.1) is 21.3 Å². The Hall–Kier alpha value is -1.36. The molecule has 0 aromatic heterocycles. The summed E-state index contributed by atoms with van der Waals surface area (Å²) >= 11 is 12.2. The number of nitrogens with zero attached hydrogens (tertiary/aromatic N) is 2. The lowest BCUT2D eigenvalue weighted by molar-refractivity contribution is -0.151. The molecule has 0 spiro atoms. The van der Waals surface area contributed by atoms with Crippen LogP contribution in [0.4, 0.5) is 13.2 Å². The van der Waals surface area contributed by atoms with Crippen LogP contribution in [0.3, 0.4) is 0 Å². The fourth-order valence-corrected chi connectivity index (χ4v) is 8.37. The third-order valence-electron chi connectivity index (χ3n) is 7.96. The monoisotopic (exact) mass is 595 g/mol. The summed E-state index contributed by atoms with van der Waals surface area (Å²) in [5, 5.41) is 4.16. The predicted molar refractivity (Wildman–Crippen MR) is 143 cm³/mol. The second-order valence-corrected chi connectivity index (χ2v) is 14.4. The molecule has 0 amide bonds. The Kier molecular flexibility index (Phi) is 7.98. The van der Waals surface area contributed by atoms with Gasteiger partial charge in [0.2, 0.25) is 10.0 Å². The van der Waals surface area contributed by atoms with Gasteiger partial charge >= 0.3 is 6.18 Å². The molecule has 212 valence electrons. The first-order valence-corrected chi connectivity index (χ1v) is 15.3. The van der Waals surface area contributed by atoms with Crippen LogP contribution in [-0.4, -0.2) is 53.4 Å². The second-order valence-electron chi connectivity index (χ2n) is 11.6. The molecule has 12 heteroatoms. The van der Waals surface area contributed by atoms with Crippen LogP contribution in [0.5, 0.6) is 0 Å². The molecule has 1 heterocycles. The quantitative estimate of drug-likeness (QED) is 0.288. The van der Waals surface area contributed by atoms with Crippen molar-refractivity contribution in [1.29, 1.82) is 0 Å². The summed E-state index contributed by atoms with van der Waals surface area (Å²) in [6.45, 7) is 5.76. The van der Waals surface area contributed by atoms with Gasteiger partial charge in [0.1, 0.15) is 11.9 Å². The lowest BCUT2D eigenvalue weighted by atomic mass is 9.38. The summed E-state index contributed by atoms with van der Waals surface area (Å²) in [6.07, 6.45) is -2.70. The van der Waals surface area contributed by atoms with Crippen molar-refractivity contribution in [1.82, 2.24) is 9.62 Å². The van der Waals surface area contributed by atoms with Crippen LogP contribution < -0.4 is 5.32 Å². The number of aliphatic imine (C=N–C) groups is 1. The summed E-state index contributed by atoms with van der Waals surface area (Å²) in [6, 6.07) is 4.45. The highest BCUT2D eigenvalue weighted by atomic mass is 35.5. The van der Waals surface area contributed by atoms with Crippen molar-refractivity contribution in [2.75, 3.05) is 5.75 Å². The summed E-state index contributed by atoms with van der Waals surface area (Å²) in [7, 11) is -3.53. The number of Topliss-reactive ketones (excluding diaryl/α,β-unsaturated/α-hetero) is 1. The van der Waals surface area contributed by atoms with Gasteiger partial charge in [0, 0.05) is 30.3 Å². The molecule has 1 aromatic rings. The van der Waals surface area contributed by atoms with Gasteiger partial charge in [0.15, 0.2) is 5.78 Å². The lowest BCUT2D eigenvalue weighted by Crippen LogP contribution is -2.78. The number of ketones is 1. The number of halogens is 5. The molecule has 1 atom stereocenters. The van der Waals surface area contributed by atoms with Crippen molar-refractivity contribution in [2.45, 2.75) is 102 Å². The number of sulfonamides is 1. The SMILES string of the molecule is CCCS(=O)(=O)N(Cc1ccc(Cl)c(Cl)c1)C12CC(C3=N[C@@H](C(=O)CCCCC(F)(F)F)C(C)(C)N3)(C1)C2. The van der Waals surface area contributed by atoms with Crippen LogP contribution in [0.15, 0.2) is 23.2 Å². The topological polar surface area (TPSA) is 78.8 Å². The van der Waals surface area contributed by atoms with Gasteiger partial charge in [-0.1, -0.05) is 36.2 Å². The normalized spacial score (nSPS) is 27.9. The smallest absolute Gasteiger partial charge is 0.366 e. The fraction of sp³-hybridized carbons (Fsp3) is 0.692. The number of hydrogen-bond acceptors (Lipinski definition) is 5. The number of carbonyl (C=O) groups excluding carboxylic acids is 1. The summed E-state index contributed by atoms with van der Waals surface area (Å²) in [5.41, 5.74) is -0.743. The van der Waals surface area contributed by atoms with E-state index >= 15 is 0 Å². The minimum Gasteiger partial charge on any atom is -0.366 e. The van der Waals surface area contributed by atoms with E-state index in [1.54, 1.807) is 22.5 Å².